The maximum absolute atomic E-state index is 11.9. The van der Waals surface area contributed by atoms with Gasteiger partial charge < -0.3 is 14.8 Å². The topological polar surface area (TPSA) is 71.6 Å². The fourth-order valence-corrected chi connectivity index (χ4v) is 1.57. The molecule has 0 radical (unpaired) electrons. The summed E-state index contributed by atoms with van der Waals surface area (Å²) in [6.07, 6.45) is 0.835. The van der Waals surface area contributed by atoms with Gasteiger partial charge >= 0.3 is 0 Å². The van der Waals surface area contributed by atoms with Crippen molar-refractivity contribution < 1.29 is 14.3 Å². The van der Waals surface area contributed by atoms with Crippen molar-refractivity contribution in [1.82, 2.24) is 16.2 Å². The number of hydrogen-bond acceptors (Lipinski definition) is 4. The highest BCUT2D eigenvalue weighted by molar-refractivity contribution is 7.80. The number of amides is 1. The molecule has 0 atom stereocenters. The molecular formula is C13H19N3O3S. The minimum Gasteiger partial charge on any atom is -0.497 e. The summed E-state index contributed by atoms with van der Waals surface area (Å²) in [5.41, 5.74) is 5.63. The molecule has 1 aromatic rings. The number of thiocarbonyl (C=S) groups is 1. The first kappa shape index (κ1) is 16.2. The van der Waals surface area contributed by atoms with Crippen molar-refractivity contribution in [3.8, 4) is 5.75 Å². The minimum atomic E-state index is -0.287. The zero-order valence-corrected chi connectivity index (χ0v) is 12.4. The Morgan fingerprint density at radius 1 is 1.30 bits per heavy atom. The third-order valence-electron chi connectivity index (χ3n) is 2.43. The summed E-state index contributed by atoms with van der Waals surface area (Å²) >= 11 is 5.02. The quantitative estimate of drug-likeness (QED) is 0.411. The smallest absolute Gasteiger partial charge is 0.269 e. The van der Waals surface area contributed by atoms with Gasteiger partial charge in [0.25, 0.3) is 5.91 Å². The zero-order valence-electron chi connectivity index (χ0n) is 11.6. The number of hydrogen-bond donors (Lipinski definition) is 3. The summed E-state index contributed by atoms with van der Waals surface area (Å²) in [4.78, 5) is 11.9. The Bertz CT molecular complexity index is 454. The van der Waals surface area contributed by atoms with Crippen LogP contribution in [-0.4, -0.2) is 38.4 Å². The van der Waals surface area contributed by atoms with Gasteiger partial charge in [-0.1, -0.05) is 6.07 Å². The largest absolute Gasteiger partial charge is 0.497 e. The molecule has 0 saturated carbocycles. The van der Waals surface area contributed by atoms with Crippen LogP contribution in [0.4, 0.5) is 0 Å². The van der Waals surface area contributed by atoms with E-state index in [9.17, 15) is 4.79 Å². The van der Waals surface area contributed by atoms with E-state index in [-0.39, 0.29) is 5.91 Å². The number of carbonyl (C=O) groups excluding carboxylic acids is 1. The molecule has 7 heteroatoms. The maximum atomic E-state index is 11.9. The van der Waals surface area contributed by atoms with E-state index < -0.39 is 0 Å². The van der Waals surface area contributed by atoms with E-state index in [1.807, 2.05) is 0 Å². The highest BCUT2D eigenvalue weighted by atomic mass is 32.1. The van der Waals surface area contributed by atoms with Crippen LogP contribution >= 0.6 is 12.2 Å². The summed E-state index contributed by atoms with van der Waals surface area (Å²) in [7, 11) is 3.19. The molecule has 0 aliphatic carbocycles. The van der Waals surface area contributed by atoms with Crippen LogP contribution in [0.5, 0.6) is 5.75 Å². The molecule has 0 heterocycles. The second-order valence-corrected chi connectivity index (χ2v) is 4.32. The van der Waals surface area contributed by atoms with Gasteiger partial charge in [0.1, 0.15) is 5.75 Å². The lowest BCUT2D eigenvalue weighted by atomic mass is 10.2. The molecule has 0 aliphatic rings. The van der Waals surface area contributed by atoms with Crippen LogP contribution < -0.4 is 20.9 Å². The zero-order chi connectivity index (χ0) is 14.8. The van der Waals surface area contributed by atoms with Crippen LogP contribution in [0.15, 0.2) is 24.3 Å². The molecule has 0 fully saturated rings. The van der Waals surface area contributed by atoms with Crippen molar-refractivity contribution in [2.24, 2.45) is 0 Å². The predicted molar refractivity (Wildman–Crippen MR) is 80.7 cm³/mol. The van der Waals surface area contributed by atoms with Gasteiger partial charge in [-0.15, -0.1) is 0 Å². The summed E-state index contributed by atoms with van der Waals surface area (Å²) in [6.45, 7) is 1.33. The lowest BCUT2D eigenvalue weighted by Gasteiger charge is -2.11. The second kappa shape index (κ2) is 9.11. The Morgan fingerprint density at radius 2 is 2.10 bits per heavy atom. The van der Waals surface area contributed by atoms with Crippen molar-refractivity contribution in [3.05, 3.63) is 29.8 Å². The van der Waals surface area contributed by atoms with Crippen LogP contribution in [0.1, 0.15) is 16.8 Å². The van der Waals surface area contributed by atoms with E-state index >= 15 is 0 Å². The van der Waals surface area contributed by atoms with Gasteiger partial charge in [-0.2, -0.15) is 0 Å². The van der Waals surface area contributed by atoms with Gasteiger partial charge in [0, 0.05) is 25.8 Å². The van der Waals surface area contributed by atoms with E-state index in [1.54, 1.807) is 38.5 Å². The summed E-state index contributed by atoms with van der Waals surface area (Å²) in [5, 5.41) is 3.31. The molecule has 3 N–H and O–H groups in total. The normalized spacial score (nSPS) is 9.70. The van der Waals surface area contributed by atoms with Gasteiger partial charge in [0.15, 0.2) is 5.11 Å². The first-order valence-corrected chi connectivity index (χ1v) is 6.55. The number of benzene rings is 1. The fraction of sp³-hybridized carbons (Fsp3) is 0.385. The van der Waals surface area contributed by atoms with Crippen LogP contribution in [-0.2, 0) is 4.74 Å². The molecule has 1 amide bonds. The molecule has 0 saturated heterocycles. The fourth-order valence-electron chi connectivity index (χ4n) is 1.41. The van der Waals surface area contributed by atoms with Crippen LogP contribution in [0.3, 0.4) is 0 Å². The van der Waals surface area contributed by atoms with E-state index in [0.29, 0.717) is 29.6 Å². The molecule has 1 aromatic carbocycles. The van der Waals surface area contributed by atoms with Gasteiger partial charge in [-0.05, 0) is 36.8 Å². The number of ether oxygens (including phenoxy) is 2. The number of rotatable bonds is 6. The number of methoxy groups -OCH3 is 2. The monoisotopic (exact) mass is 297 g/mol. The second-order valence-electron chi connectivity index (χ2n) is 3.91. The first-order valence-electron chi connectivity index (χ1n) is 6.14. The maximum Gasteiger partial charge on any atom is 0.269 e. The Kier molecular flexibility index (Phi) is 7.38. The van der Waals surface area contributed by atoms with Crippen molar-refractivity contribution in [2.45, 2.75) is 6.42 Å². The number of nitrogens with one attached hydrogen (secondary N) is 3. The first-order chi connectivity index (χ1) is 9.67. The Hall–Kier alpha value is -1.86. The Morgan fingerprint density at radius 3 is 2.80 bits per heavy atom. The highest BCUT2D eigenvalue weighted by Gasteiger charge is 2.06. The standard InChI is InChI=1S/C13H19N3O3S/c1-18-8-4-7-14-13(20)16-15-12(17)10-5-3-6-11(9-10)19-2/h3,5-6,9H,4,7-8H2,1-2H3,(H,15,17)(H2,14,16,20). The molecule has 0 spiro atoms. The van der Waals surface area contributed by atoms with E-state index in [2.05, 4.69) is 16.2 Å². The lowest BCUT2D eigenvalue weighted by molar-refractivity contribution is 0.0943. The van der Waals surface area contributed by atoms with Crippen molar-refractivity contribution >= 4 is 23.2 Å². The Labute approximate surface area is 123 Å². The third kappa shape index (κ3) is 5.85. The van der Waals surface area contributed by atoms with Gasteiger partial charge in [0.2, 0.25) is 0 Å². The SMILES string of the molecule is COCCCNC(=S)NNC(=O)c1cccc(OC)c1. The molecule has 0 bridgehead atoms. The highest BCUT2D eigenvalue weighted by Crippen LogP contribution is 2.11. The number of hydrazine groups is 1. The summed E-state index contributed by atoms with van der Waals surface area (Å²) in [6, 6.07) is 6.85. The molecule has 0 aromatic heterocycles. The predicted octanol–water partition coefficient (Wildman–Crippen LogP) is 0.841. The molecule has 110 valence electrons. The van der Waals surface area contributed by atoms with E-state index in [0.717, 1.165) is 6.42 Å². The lowest BCUT2D eigenvalue weighted by Crippen LogP contribution is -2.47. The van der Waals surface area contributed by atoms with E-state index in [4.69, 9.17) is 21.7 Å². The van der Waals surface area contributed by atoms with Crippen molar-refractivity contribution in [1.29, 1.82) is 0 Å². The van der Waals surface area contributed by atoms with Crippen LogP contribution in [0.25, 0.3) is 0 Å². The molecular weight excluding hydrogens is 278 g/mol. The van der Waals surface area contributed by atoms with Crippen LogP contribution in [0, 0.1) is 0 Å². The summed E-state index contributed by atoms with van der Waals surface area (Å²) in [5.74, 6) is 0.336. The minimum absolute atomic E-state index is 0.287. The molecule has 1 rings (SSSR count). The van der Waals surface area contributed by atoms with Gasteiger partial charge in [0.05, 0.1) is 7.11 Å². The average molecular weight is 297 g/mol. The molecule has 20 heavy (non-hydrogen) atoms. The van der Waals surface area contributed by atoms with E-state index in [1.165, 1.54) is 0 Å². The van der Waals surface area contributed by atoms with Crippen molar-refractivity contribution in [3.63, 3.8) is 0 Å². The number of carbonyl (C=O) groups is 1. The van der Waals surface area contributed by atoms with Crippen LogP contribution in [0.2, 0.25) is 0 Å². The average Bonchev–Trinajstić information content (AvgIpc) is 2.49. The van der Waals surface area contributed by atoms with Crippen molar-refractivity contribution in [2.75, 3.05) is 27.4 Å². The molecule has 0 unspecified atom stereocenters. The third-order valence-corrected chi connectivity index (χ3v) is 2.68. The molecule has 0 aliphatic heterocycles. The Balaban J connectivity index is 2.33. The van der Waals surface area contributed by atoms with Gasteiger partial charge in [-0.25, -0.2) is 0 Å². The van der Waals surface area contributed by atoms with Gasteiger partial charge in [-0.3, -0.25) is 15.6 Å². The summed E-state index contributed by atoms with van der Waals surface area (Å²) < 4.78 is 9.97. The molecule has 6 nitrogen and oxygen atoms in total.